The van der Waals surface area contributed by atoms with Crippen LogP contribution in [0.25, 0.3) is 0 Å². The molecule has 0 aromatic rings. The summed E-state index contributed by atoms with van der Waals surface area (Å²) >= 11 is 3.35. The Morgan fingerprint density at radius 3 is 3.30 bits per heavy atom. The summed E-state index contributed by atoms with van der Waals surface area (Å²) in [5, 5.41) is 0. The molecule has 2 aliphatic heterocycles. The maximum Gasteiger partial charge on any atom is 0.144 e. The van der Waals surface area contributed by atoms with Crippen molar-refractivity contribution >= 4 is 16.1 Å². The number of hydrogen-bond acceptors (Lipinski definition) is 2. The SMILES string of the molecule is BrN1C=CC=C2OCC=C21. The normalized spacial score (nSPS) is 21.5. The van der Waals surface area contributed by atoms with Crippen LogP contribution in [-0.2, 0) is 4.74 Å². The number of halogens is 1. The van der Waals surface area contributed by atoms with E-state index in [0.29, 0.717) is 6.61 Å². The summed E-state index contributed by atoms with van der Waals surface area (Å²) in [6, 6.07) is 0. The molecule has 0 saturated carbocycles. The van der Waals surface area contributed by atoms with Gasteiger partial charge in [0.1, 0.15) is 12.4 Å². The third kappa shape index (κ3) is 0.778. The molecular weight excluding hydrogens is 194 g/mol. The van der Waals surface area contributed by atoms with Crippen molar-refractivity contribution in [1.82, 2.24) is 3.93 Å². The van der Waals surface area contributed by atoms with Crippen molar-refractivity contribution in [2.75, 3.05) is 6.61 Å². The van der Waals surface area contributed by atoms with Gasteiger partial charge in [-0.05, 0) is 18.2 Å². The summed E-state index contributed by atoms with van der Waals surface area (Å²) in [4.78, 5) is 0. The molecule has 2 aliphatic rings. The molecule has 2 nitrogen and oxygen atoms in total. The van der Waals surface area contributed by atoms with Crippen LogP contribution in [0.4, 0.5) is 0 Å². The van der Waals surface area contributed by atoms with E-state index in [-0.39, 0.29) is 0 Å². The summed E-state index contributed by atoms with van der Waals surface area (Å²) in [5.41, 5.74) is 1.10. The summed E-state index contributed by atoms with van der Waals surface area (Å²) < 4.78 is 7.14. The van der Waals surface area contributed by atoms with E-state index in [1.54, 1.807) is 0 Å². The molecule has 10 heavy (non-hydrogen) atoms. The van der Waals surface area contributed by atoms with Crippen molar-refractivity contribution in [3.63, 3.8) is 0 Å². The van der Waals surface area contributed by atoms with Crippen molar-refractivity contribution < 1.29 is 4.74 Å². The zero-order valence-electron chi connectivity index (χ0n) is 5.25. The number of allylic oxidation sites excluding steroid dienone is 2. The molecule has 0 aromatic carbocycles. The van der Waals surface area contributed by atoms with Gasteiger partial charge in [0.15, 0.2) is 0 Å². The van der Waals surface area contributed by atoms with Gasteiger partial charge >= 0.3 is 0 Å². The van der Waals surface area contributed by atoms with E-state index >= 15 is 0 Å². The molecule has 0 amide bonds. The Kier molecular flexibility index (Phi) is 1.31. The average molecular weight is 200 g/mol. The Hall–Kier alpha value is -0.700. The Morgan fingerprint density at radius 2 is 2.50 bits per heavy atom. The van der Waals surface area contributed by atoms with Gasteiger partial charge in [0.05, 0.1) is 21.8 Å². The van der Waals surface area contributed by atoms with E-state index in [4.69, 9.17) is 4.74 Å². The van der Waals surface area contributed by atoms with Crippen LogP contribution in [0.5, 0.6) is 0 Å². The van der Waals surface area contributed by atoms with Crippen LogP contribution in [0.15, 0.2) is 35.9 Å². The zero-order valence-corrected chi connectivity index (χ0v) is 6.84. The lowest BCUT2D eigenvalue weighted by Gasteiger charge is -2.15. The first-order valence-electron chi connectivity index (χ1n) is 3.05. The highest BCUT2D eigenvalue weighted by Crippen LogP contribution is 2.28. The number of rotatable bonds is 0. The van der Waals surface area contributed by atoms with Crippen LogP contribution in [-0.4, -0.2) is 10.5 Å². The fourth-order valence-corrected chi connectivity index (χ4v) is 1.45. The Bertz CT molecular complexity index is 242. The van der Waals surface area contributed by atoms with E-state index in [1.165, 1.54) is 0 Å². The van der Waals surface area contributed by atoms with Gasteiger partial charge in [-0.15, -0.1) is 0 Å². The molecule has 0 radical (unpaired) electrons. The third-order valence-corrected chi connectivity index (χ3v) is 2.08. The molecule has 0 bridgehead atoms. The molecule has 0 unspecified atom stereocenters. The molecule has 0 fully saturated rings. The molecule has 0 spiro atoms. The van der Waals surface area contributed by atoms with Gasteiger partial charge in [0.25, 0.3) is 0 Å². The molecule has 2 rings (SSSR count). The summed E-state index contributed by atoms with van der Waals surface area (Å²) in [6.07, 6.45) is 7.86. The summed E-state index contributed by atoms with van der Waals surface area (Å²) in [5.74, 6) is 0.944. The van der Waals surface area contributed by atoms with Gasteiger partial charge in [-0.25, -0.2) is 0 Å². The lowest BCUT2D eigenvalue weighted by Crippen LogP contribution is -2.05. The predicted molar refractivity (Wildman–Crippen MR) is 42.0 cm³/mol. The van der Waals surface area contributed by atoms with Crippen LogP contribution < -0.4 is 0 Å². The highest BCUT2D eigenvalue weighted by Gasteiger charge is 2.17. The second kappa shape index (κ2) is 2.16. The topological polar surface area (TPSA) is 12.5 Å². The molecule has 0 N–H and O–H groups in total. The van der Waals surface area contributed by atoms with Gasteiger partial charge in [0.2, 0.25) is 0 Å². The van der Waals surface area contributed by atoms with Crippen molar-refractivity contribution in [2.45, 2.75) is 0 Å². The van der Waals surface area contributed by atoms with Crippen LogP contribution in [0.3, 0.4) is 0 Å². The number of ether oxygens (including phenoxy) is 1. The third-order valence-electron chi connectivity index (χ3n) is 1.46. The molecule has 0 aromatic heterocycles. The van der Waals surface area contributed by atoms with E-state index in [0.717, 1.165) is 11.5 Å². The Balaban J connectivity index is 2.39. The monoisotopic (exact) mass is 199 g/mol. The molecule has 0 aliphatic carbocycles. The van der Waals surface area contributed by atoms with Gasteiger partial charge in [-0.2, -0.15) is 0 Å². The average Bonchev–Trinajstić information content (AvgIpc) is 2.36. The highest BCUT2D eigenvalue weighted by atomic mass is 79.9. The lowest BCUT2D eigenvalue weighted by atomic mass is 10.3. The Labute approximate surface area is 67.8 Å². The molecule has 52 valence electrons. The van der Waals surface area contributed by atoms with Crippen molar-refractivity contribution in [1.29, 1.82) is 0 Å². The standard InChI is InChI=1S/C7H6BrNO/c8-9-4-1-2-7-6(9)3-5-10-7/h1-4H,5H2. The first-order chi connectivity index (χ1) is 4.88. The van der Waals surface area contributed by atoms with Gasteiger partial charge < -0.3 is 4.74 Å². The minimum atomic E-state index is 0.685. The second-order valence-corrected chi connectivity index (χ2v) is 2.85. The van der Waals surface area contributed by atoms with E-state index in [2.05, 4.69) is 16.1 Å². The first-order valence-corrected chi connectivity index (χ1v) is 3.76. The fourth-order valence-electron chi connectivity index (χ4n) is 0.997. The number of nitrogens with zero attached hydrogens (tertiary/aromatic N) is 1. The number of hydrogen-bond donors (Lipinski definition) is 0. The minimum absolute atomic E-state index is 0.685. The lowest BCUT2D eigenvalue weighted by molar-refractivity contribution is 0.271. The van der Waals surface area contributed by atoms with E-state index in [9.17, 15) is 0 Å². The Morgan fingerprint density at radius 1 is 1.60 bits per heavy atom. The number of fused-ring (bicyclic) bond motifs is 1. The highest BCUT2D eigenvalue weighted by molar-refractivity contribution is 9.07. The van der Waals surface area contributed by atoms with Crippen molar-refractivity contribution in [3.05, 3.63) is 35.9 Å². The van der Waals surface area contributed by atoms with Crippen LogP contribution in [0.2, 0.25) is 0 Å². The van der Waals surface area contributed by atoms with Crippen LogP contribution in [0.1, 0.15) is 0 Å². The maximum atomic E-state index is 5.27. The van der Waals surface area contributed by atoms with Gasteiger partial charge in [-0.3, -0.25) is 3.93 Å². The minimum Gasteiger partial charge on any atom is -0.487 e. The molecule has 2 heterocycles. The van der Waals surface area contributed by atoms with E-state index < -0.39 is 0 Å². The fraction of sp³-hybridized carbons (Fsp3) is 0.143. The largest absolute Gasteiger partial charge is 0.487 e. The maximum absolute atomic E-state index is 5.27. The summed E-state index contributed by atoms with van der Waals surface area (Å²) in [7, 11) is 0. The molecular formula is C7H6BrNO. The summed E-state index contributed by atoms with van der Waals surface area (Å²) in [6.45, 7) is 0.685. The zero-order chi connectivity index (χ0) is 6.97. The first kappa shape index (κ1) is 6.04. The van der Waals surface area contributed by atoms with Crippen LogP contribution >= 0.6 is 16.1 Å². The quantitative estimate of drug-likeness (QED) is 0.554. The molecule has 0 atom stereocenters. The smallest absolute Gasteiger partial charge is 0.144 e. The van der Waals surface area contributed by atoms with Crippen LogP contribution in [0, 0.1) is 0 Å². The van der Waals surface area contributed by atoms with Gasteiger partial charge in [-0.1, -0.05) is 0 Å². The van der Waals surface area contributed by atoms with Crippen molar-refractivity contribution in [3.8, 4) is 0 Å². The van der Waals surface area contributed by atoms with E-state index in [1.807, 2.05) is 28.4 Å². The van der Waals surface area contributed by atoms with Gasteiger partial charge in [0, 0.05) is 6.20 Å². The second-order valence-electron chi connectivity index (χ2n) is 2.08. The predicted octanol–water partition coefficient (Wildman–Crippen LogP) is 1.92. The molecule has 0 saturated heterocycles. The van der Waals surface area contributed by atoms with Crippen molar-refractivity contribution in [2.24, 2.45) is 0 Å². The molecule has 3 heteroatoms.